The number of benzene rings is 2. The average Bonchev–Trinajstić information content (AvgIpc) is 2.53. The van der Waals surface area contributed by atoms with Gasteiger partial charge in [-0.2, -0.15) is 0 Å². The molecule has 1 amide bonds. The number of hydrogen-bond acceptors (Lipinski definition) is 3. The van der Waals surface area contributed by atoms with Crippen molar-refractivity contribution in [3.63, 3.8) is 0 Å². The van der Waals surface area contributed by atoms with Crippen LogP contribution in [0.2, 0.25) is 0 Å². The zero-order valence-electron chi connectivity index (χ0n) is 11.9. The van der Waals surface area contributed by atoms with Gasteiger partial charge in [0.1, 0.15) is 5.82 Å². The van der Waals surface area contributed by atoms with Crippen LogP contribution in [-0.4, -0.2) is 17.4 Å². The maximum Gasteiger partial charge on any atom is 0.234 e. The fourth-order valence-corrected chi connectivity index (χ4v) is 3.22. The van der Waals surface area contributed by atoms with Crippen molar-refractivity contribution >= 4 is 35.1 Å². The molecular weight excluding hydrogens is 317 g/mol. The summed E-state index contributed by atoms with van der Waals surface area (Å²) >= 11 is 2.79. The highest BCUT2D eigenvalue weighted by Gasteiger charge is 2.09. The van der Waals surface area contributed by atoms with Crippen molar-refractivity contribution in [3.05, 3.63) is 67.0 Å². The Kier molecular flexibility index (Phi) is 6.55. The van der Waals surface area contributed by atoms with E-state index in [1.807, 2.05) is 30.3 Å². The summed E-state index contributed by atoms with van der Waals surface area (Å²) in [6.07, 6.45) is 1.82. The number of thioether (sulfide) groups is 2. The van der Waals surface area contributed by atoms with Gasteiger partial charge in [-0.25, -0.2) is 4.39 Å². The van der Waals surface area contributed by atoms with Crippen molar-refractivity contribution in [2.24, 2.45) is 0 Å². The van der Waals surface area contributed by atoms with E-state index in [1.54, 1.807) is 30.0 Å². The number of rotatable bonds is 7. The lowest BCUT2D eigenvalue weighted by Crippen LogP contribution is -2.14. The largest absolute Gasteiger partial charge is 0.324 e. The van der Waals surface area contributed by atoms with Crippen molar-refractivity contribution < 1.29 is 9.18 Å². The van der Waals surface area contributed by atoms with Crippen LogP contribution in [-0.2, 0) is 4.79 Å². The smallest absolute Gasteiger partial charge is 0.234 e. The van der Waals surface area contributed by atoms with Crippen LogP contribution in [0.4, 0.5) is 10.1 Å². The Hall–Kier alpha value is -1.72. The Balaban J connectivity index is 1.95. The summed E-state index contributed by atoms with van der Waals surface area (Å²) in [5.74, 6) is 0.486. The zero-order valence-corrected chi connectivity index (χ0v) is 13.6. The van der Waals surface area contributed by atoms with E-state index in [-0.39, 0.29) is 17.5 Å². The molecule has 0 aliphatic heterocycles. The number of carbonyl (C=O) groups excluding carboxylic acids is 1. The quantitative estimate of drug-likeness (QED) is 0.581. The lowest BCUT2D eigenvalue weighted by Gasteiger charge is -2.10. The highest BCUT2D eigenvalue weighted by atomic mass is 32.2. The predicted molar refractivity (Wildman–Crippen MR) is 93.1 cm³/mol. The van der Waals surface area contributed by atoms with Crippen molar-refractivity contribution in [2.75, 3.05) is 16.8 Å². The second-order valence-corrected chi connectivity index (χ2v) is 6.44. The summed E-state index contributed by atoms with van der Waals surface area (Å²) in [5, 5.41) is 2.87. The van der Waals surface area contributed by atoms with Gasteiger partial charge < -0.3 is 5.32 Å². The molecule has 2 rings (SSSR count). The standard InChI is InChI=1S/C17H16FNOS2/c1-2-11-21-16-10-6-4-8-14(16)19-17(20)12-22-15-9-5-3-7-13(15)18/h2-10H,1,11-12H2,(H,19,20). The minimum atomic E-state index is -0.303. The first kappa shape index (κ1) is 16.6. The number of carbonyl (C=O) groups is 1. The van der Waals surface area contributed by atoms with Crippen LogP contribution < -0.4 is 5.32 Å². The van der Waals surface area contributed by atoms with Gasteiger partial charge in [-0.05, 0) is 24.3 Å². The molecule has 5 heteroatoms. The molecule has 0 heterocycles. The molecule has 0 saturated heterocycles. The van der Waals surface area contributed by atoms with Gasteiger partial charge in [-0.1, -0.05) is 30.3 Å². The topological polar surface area (TPSA) is 29.1 Å². The van der Waals surface area contributed by atoms with Gasteiger partial charge in [0.15, 0.2) is 0 Å². The monoisotopic (exact) mass is 333 g/mol. The summed E-state index contributed by atoms with van der Waals surface area (Å²) in [7, 11) is 0. The first-order valence-corrected chi connectivity index (χ1v) is 8.67. The molecule has 22 heavy (non-hydrogen) atoms. The van der Waals surface area contributed by atoms with E-state index in [9.17, 15) is 9.18 Å². The molecule has 0 aromatic heterocycles. The second-order valence-electron chi connectivity index (χ2n) is 4.36. The van der Waals surface area contributed by atoms with Crippen molar-refractivity contribution in [1.29, 1.82) is 0 Å². The molecule has 0 unspecified atom stereocenters. The van der Waals surface area contributed by atoms with Crippen LogP contribution in [0.1, 0.15) is 0 Å². The SMILES string of the molecule is C=CCSc1ccccc1NC(=O)CSc1ccccc1F. The van der Waals surface area contributed by atoms with Gasteiger partial charge in [0.25, 0.3) is 0 Å². The van der Waals surface area contributed by atoms with Gasteiger partial charge >= 0.3 is 0 Å². The maximum atomic E-state index is 13.5. The number of nitrogens with one attached hydrogen (secondary N) is 1. The molecular formula is C17H16FNOS2. The van der Waals surface area contributed by atoms with Crippen molar-refractivity contribution in [1.82, 2.24) is 0 Å². The summed E-state index contributed by atoms with van der Waals surface area (Å²) in [6.45, 7) is 3.69. The lowest BCUT2D eigenvalue weighted by atomic mass is 10.3. The molecule has 0 atom stereocenters. The van der Waals surface area contributed by atoms with E-state index in [0.29, 0.717) is 4.90 Å². The highest BCUT2D eigenvalue weighted by Crippen LogP contribution is 2.27. The highest BCUT2D eigenvalue weighted by molar-refractivity contribution is 8.00. The Bertz CT molecular complexity index is 661. The number of hydrogen-bond donors (Lipinski definition) is 1. The molecule has 0 spiro atoms. The van der Waals surface area contributed by atoms with E-state index >= 15 is 0 Å². The van der Waals surface area contributed by atoms with Crippen LogP contribution in [0.3, 0.4) is 0 Å². The molecule has 0 aliphatic carbocycles. The Morgan fingerprint density at radius 1 is 1.09 bits per heavy atom. The molecule has 0 aliphatic rings. The van der Waals surface area contributed by atoms with Crippen LogP contribution in [0.25, 0.3) is 0 Å². The Labute approximate surface area is 138 Å². The second kappa shape index (κ2) is 8.66. The third-order valence-electron chi connectivity index (χ3n) is 2.71. The minimum absolute atomic E-state index is 0.153. The van der Waals surface area contributed by atoms with E-state index < -0.39 is 0 Å². The van der Waals surface area contributed by atoms with Gasteiger partial charge in [0.05, 0.1) is 11.4 Å². The Morgan fingerprint density at radius 2 is 1.77 bits per heavy atom. The fourth-order valence-electron chi connectivity index (χ4n) is 1.74. The minimum Gasteiger partial charge on any atom is -0.324 e. The fraction of sp³-hybridized carbons (Fsp3) is 0.118. The number of para-hydroxylation sites is 1. The van der Waals surface area contributed by atoms with Gasteiger partial charge in [0, 0.05) is 15.5 Å². The molecule has 2 aromatic carbocycles. The zero-order chi connectivity index (χ0) is 15.8. The summed E-state index contributed by atoms with van der Waals surface area (Å²) in [6, 6.07) is 14.1. The van der Waals surface area contributed by atoms with E-state index in [4.69, 9.17) is 0 Å². The molecule has 0 saturated carbocycles. The molecule has 2 nitrogen and oxygen atoms in total. The predicted octanol–water partition coefficient (Wildman–Crippen LogP) is 4.83. The summed E-state index contributed by atoms with van der Waals surface area (Å²) < 4.78 is 13.5. The van der Waals surface area contributed by atoms with Gasteiger partial charge in [0.2, 0.25) is 5.91 Å². The third kappa shape index (κ3) is 4.93. The van der Waals surface area contributed by atoms with Crippen molar-refractivity contribution in [2.45, 2.75) is 9.79 Å². The average molecular weight is 333 g/mol. The van der Waals surface area contributed by atoms with E-state index in [0.717, 1.165) is 16.3 Å². The van der Waals surface area contributed by atoms with Crippen LogP contribution in [0.5, 0.6) is 0 Å². The van der Waals surface area contributed by atoms with Gasteiger partial charge in [-0.3, -0.25) is 4.79 Å². The molecule has 0 fully saturated rings. The van der Waals surface area contributed by atoms with Crippen LogP contribution >= 0.6 is 23.5 Å². The van der Waals surface area contributed by atoms with Crippen LogP contribution in [0.15, 0.2) is 71.0 Å². The number of amides is 1. The summed E-state index contributed by atoms with van der Waals surface area (Å²) in [5.41, 5.74) is 0.772. The Morgan fingerprint density at radius 3 is 2.50 bits per heavy atom. The summed E-state index contributed by atoms with van der Waals surface area (Å²) in [4.78, 5) is 13.5. The molecule has 114 valence electrons. The first-order valence-electron chi connectivity index (χ1n) is 6.70. The maximum absolute atomic E-state index is 13.5. The van der Waals surface area contributed by atoms with E-state index in [2.05, 4.69) is 11.9 Å². The first-order chi connectivity index (χ1) is 10.7. The molecule has 1 N–H and O–H groups in total. The number of anilines is 1. The van der Waals surface area contributed by atoms with Gasteiger partial charge in [-0.15, -0.1) is 30.1 Å². The molecule has 0 bridgehead atoms. The lowest BCUT2D eigenvalue weighted by molar-refractivity contribution is -0.113. The molecule has 2 aromatic rings. The third-order valence-corrected chi connectivity index (χ3v) is 4.83. The molecule has 0 radical (unpaired) electrons. The van der Waals surface area contributed by atoms with Crippen molar-refractivity contribution in [3.8, 4) is 0 Å². The van der Waals surface area contributed by atoms with E-state index in [1.165, 1.54) is 17.8 Å². The normalized spacial score (nSPS) is 10.2. The number of halogens is 1. The van der Waals surface area contributed by atoms with Crippen LogP contribution in [0, 0.1) is 5.82 Å².